The summed E-state index contributed by atoms with van der Waals surface area (Å²) in [7, 11) is -4.00. The maximum Gasteiger partial charge on any atom is 0.270 e. The van der Waals surface area contributed by atoms with Gasteiger partial charge < -0.3 is 9.80 Å². The van der Waals surface area contributed by atoms with Crippen molar-refractivity contribution >= 4 is 21.8 Å². The molecular weight excluding hydrogens is 450 g/mol. The van der Waals surface area contributed by atoms with Crippen molar-refractivity contribution in [2.24, 2.45) is 5.92 Å². The lowest BCUT2D eigenvalue weighted by atomic mass is 9.96. The first-order valence-corrected chi connectivity index (χ1v) is 14.2. The molecular formula is C26H37N3O4S. The smallest absolute Gasteiger partial charge is 0.270 e. The predicted molar refractivity (Wildman–Crippen MR) is 131 cm³/mol. The first-order chi connectivity index (χ1) is 16.4. The van der Waals surface area contributed by atoms with Crippen LogP contribution in [0, 0.1) is 5.92 Å². The number of fused-ring (bicyclic) bond motifs is 1. The van der Waals surface area contributed by atoms with Gasteiger partial charge in [0.15, 0.2) is 0 Å². The van der Waals surface area contributed by atoms with E-state index in [0.717, 1.165) is 36.5 Å². The Morgan fingerprint density at radius 1 is 1.03 bits per heavy atom. The molecule has 0 aliphatic carbocycles. The van der Waals surface area contributed by atoms with E-state index in [-0.39, 0.29) is 10.8 Å². The van der Waals surface area contributed by atoms with E-state index in [4.69, 9.17) is 0 Å². The highest BCUT2D eigenvalue weighted by atomic mass is 32.2. The normalized spacial score (nSPS) is 23.3. The number of rotatable bonds is 10. The summed E-state index contributed by atoms with van der Waals surface area (Å²) in [5.74, 6) is -0.914. The minimum absolute atomic E-state index is 0.0158. The molecule has 0 radical (unpaired) electrons. The molecule has 0 saturated carbocycles. The third-order valence-corrected chi connectivity index (χ3v) is 9.02. The Morgan fingerprint density at radius 3 is 2.47 bits per heavy atom. The number of sulfonamides is 1. The van der Waals surface area contributed by atoms with E-state index in [2.05, 4.69) is 4.90 Å². The molecule has 0 unspecified atom stereocenters. The Kier molecular flexibility index (Phi) is 8.09. The molecule has 8 heteroatoms. The Morgan fingerprint density at radius 2 is 1.76 bits per heavy atom. The fraction of sp³-hybridized carbons (Fsp3) is 0.615. The van der Waals surface area contributed by atoms with Crippen LogP contribution in [0.5, 0.6) is 0 Å². The number of carbonyl (C=O) groups is 2. The number of likely N-dealkylation sites (tertiary alicyclic amines) is 1. The number of hydrogen-bond donors (Lipinski definition) is 0. The molecule has 3 aliphatic heterocycles. The quantitative estimate of drug-likeness (QED) is 0.470. The summed E-state index contributed by atoms with van der Waals surface area (Å²) < 4.78 is 27.7. The fourth-order valence-electron chi connectivity index (χ4n) is 5.54. The highest BCUT2D eigenvalue weighted by Crippen LogP contribution is 2.42. The Bertz CT molecular complexity index is 1000. The summed E-state index contributed by atoms with van der Waals surface area (Å²) in [5.41, 5.74) is 0.450. The van der Waals surface area contributed by atoms with Crippen LogP contribution in [0.3, 0.4) is 0 Å². The highest BCUT2D eigenvalue weighted by molar-refractivity contribution is 7.89. The third-order valence-electron chi connectivity index (χ3n) is 7.28. The molecule has 2 atom stereocenters. The van der Waals surface area contributed by atoms with Crippen molar-refractivity contribution in [2.45, 2.75) is 75.6 Å². The molecule has 3 heterocycles. The van der Waals surface area contributed by atoms with E-state index in [0.29, 0.717) is 25.1 Å². The van der Waals surface area contributed by atoms with Crippen LogP contribution in [0.4, 0.5) is 0 Å². The van der Waals surface area contributed by atoms with E-state index in [1.54, 1.807) is 29.2 Å². The van der Waals surface area contributed by atoms with Gasteiger partial charge in [-0.1, -0.05) is 44.4 Å². The lowest BCUT2D eigenvalue weighted by Gasteiger charge is -2.27. The summed E-state index contributed by atoms with van der Waals surface area (Å²) in [6.07, 6.45) is 10.3. The van der Waals surface area contributed by atoms with Crippen LogP contribution in [-0.2, 0) is 19.6 Å². The van der Waals surface area contributed by atoms with E-state index in [1.807, 2.05) is 6.92 Å². The summed E-state index contributed by atoms with van der Waals surface area (Å²) >= 11 is 0. The van der Waals surface area contributed by atoms with Gasteiger partial charge in [-0.2, -0.15) is 0 Å². The van der Waals surface area contributed by atoms with Crippen molar-refractivity contribution in [3.8, 4) is 0 Å². The summed E-state index contributed by atoms with van der Waals surface area (Å²) in [4.78, 5) is 30.8. The number of hydrogen-bond acceptors (Lipinski definition) is 5. The van der Waals surface area contributed by atoms with Gasteiger partial charge in [-0.25, -0.2) is 12.7 Å². The first-order valence-electron chi connectivity index (χ1n) is 12.8. The second-order valence-corrected chi connectivity index (χ2v) is 11.4. The van der Waals surface area contributed by atoms with E-state index >= 15 is 0 Å². The standard InChI is InChI=1S/C26H37N3O4S/c1-2-12-22-25-23(29(26(22)31)34(32,33)21-13-6-3-7-14-21)16-20-28(25)24(30)15-8-4-9-17-27-18-10-5-11-19-27/h3,6-7,13-14,16,22,25H,2,4-5,8-12,15,17-20H2,1H3/t22-,25-/m1/s1. The van der Waals surface area contributed by atoms with Gasteiger partial charge >= 0.3 is 0 Å². The lowest BCUT2D eigenvalue weighted by molar-refractivity contribution is -0.133. The predicted octanol–water partition coefficient (Wildman–Crippen LogP) is 3.77. The zero-order valence-electron chi connectivity index (χ0n) is 20.2. The van der Waals surface area contributed by atoms with Gasteiger partial charge in [0.25, 0.3) is 10.0 Å². The van der Waals surface area contributed by atoms with Crippen LogP contribution in [0.15, 0.2) is 47.0 Å². The second kappa shape index (κ2) is 11.0. The number of nitrogens with zero attached hydrogens (tertiary/aromatic N) is 3. The molecule has 0 bridgehead atoms. The molecule has 2 fully saturated rings. The zero-order chi connectivity index (χ0) is 24.1. The fourth-order valence-corrected chi connectivity index (χ4v) is 7.09. The van der Waals surface area contributed by atoms with E-state index in [9.17, 15) is 18.0 Å². The molecule has 4 rings (SSSR count). The first kappa shape index (κ1) is 24.9. The largest absolute Gasteiger partial charge is 0.330 e. The van der Waals surface area contributed by atoms with Crippen LogP contribution < -0.4 is 0 Å². The Hall–Kier alpha value is -2.19. The van der Waals surface area contributed by atoms with E-state index in [1.165, 1.54) is 44.5 Å². The molecule has 1 aromatic rings. The summed E-state index contributed by atoms with van der Waals surface area (Å²) in [6.45, 7) is 5.83. The molecule has 0 N–H and O–H groups in total. The van der Waals surface area contributed by atoms with Crippen molar-refractivity contribution in [1.82, 2.24) is 14.1 Å². The van der Waals surface area contributed by atoms with Crippen LogP contribution in [0.1, 0.15) is 64.7 Å². The molecule has 0 aromatic heterocycles. The van der Waals surface area contributed by atoms with Crippen LogP contribution in [0.25, 0.3) is 0 Å². The number of piperidine rings is 1. The van der Waals surface area contributed by atoms with Crippen molar-refractivity contribution in [3.63, 3.8) is 0 Å². The van der Waals surface area contributed by atoms with Crippen molar-refractivity contribution in [2.75, 3.05) is 26.2 Å². The topological polar surface area (TPSA) is 78.0 Å². The Labute approximate surface area is 203 Å². The Balaban J connectivity index is 1.39. The second-order valence-electron chi connectivity index (χ2n) is 9.65. The molecule has 2 saturated heterocycles. The van der Waals surface area contributed by atoms with Gasteiger partial charge in [0, 0.05) is 13.0 Å². The van der Waals surface area contributed by atoms with Gasteiger partial charge in [0.05, 0.1) is 22.6 Å². The van der Waals surface area contributed by atoms with Gasteiger partial charge in [-0.3, -0.25) is 9.59 Å². The summed E-state index contributed by atoms with van der Waals surface area (Å²) in [6, 6.07) is 7.58. The monoisotopic (exact) mass is 487 g/mol. The molecule has 7 nitrogen and oxygen atoms in total. The van der Waals surface area contributed by atoms with Crippen molar-refractivity contribution < 1.29 is 18.0 Å². The highest BCUT2D eigenvalue weighted by Gasteiger charge is 2.54. The van der Waals surface area contributed by atoms with Crippen LogP contribution in [-0.4, -0.2) is 66.6 Å². The van der Waals surface area contributed by atoms with Gasteiger partial charge in [-0.05, 0) is 69.9 Å². The van der Waals surface area contributed by atoms with Gasteiger partial charge in [0.1, 0.15) is 0 Å². The maximum absolute atomic E-state index is 13.3. The van der Waals surface area contributed by atoms with Crippen LogP contribution in [0.2, 0.25) is 0 Å². The number of amides is 2. The van der Waals surface area contributed by atoms with Crippen LogP contribution >= 0.6 is 0 Å². The van der Waals surface area contributed by atoms with E-state index < -0.39 is 27.9 Å². The zero-order valence-corrected chi connectivity index (χ0v) is 21.0. The maximum atomic E-state index is 13.3. The molecule has 3 aliphatic rings. The average molecular weight is 488 g/mol. The third kappa shape index (κ3) is 5.08. The molecule has 34 heavy (non-hydrogen) atoms. The molecule has 1 aromatic carbocycles. The van der Waals surface area contributed by atoms with Gasteiger partial charge in [-0.15, -0.1) is 0 Å². The minimum atomic E-state index is -4.00. The number of unbranched alkanes of at least 4 members (excludes halogenated alkanes) is 2. The number of benzene rings is 1. The molecule has 0 spiro atoms. The number of carbonyl (C=O) groups excluding carboxylic acids is 2. The average Bonchev–Trinajstić information content (AvgIpc) is 3.38. The minimum Gasteiger partial charge on any atom is -0.330 e. The van der Waals surface area contributed by atoms with Crippen molar-refractivity contribution in [3.05, 3.63) is 42.1 Å². The molecule has 186 valence electrons. The van der Waals surface area contributed by atoms with Crippen molar-refractivity contribution in [1.29, 1.82) is 0 Å². The van der Waals surface area contributed by atoms with Gasteiger partial charge in [0.2, 0.25) is 11.8 Å². The SMILES string of the molecule is CCC[C@H]1C(=O)N(S(=O)(=O)c2ccccc2)C2=CCN(C(=O)CCCCCN3CCCCC3)[C@@H]21. The summed E-state index contributed by atoms with van der Waals surface area (Å²) in [5, 5.41) is 0. The molecule has 2 amide bonds. The lowest BCUT2D eigenvalue weighted by Crippen LogP contribution is -2.41.